The van der Waals surface area contributed by atoms with E-state index in [1.165, 1.54) is 12.4 Å². The predicted molar refractivity (Wildman–Crippen MR) is 165 cm³/mol. The third kappa shape index (κ3) is 6.60. The Bertz CT molecular complexity index is 1620. The van der Waals surface area contributed by atoms with Gasteiger partial charge in [-0.25, -0.2) is 4.79 Å². The number of carbonyl (C=O) groups excluding carboxylic acids is 3. The summed E-state index contributed by atoms with van der Waals surface area (Å²) in [7, 11) is 1.70. The zero-order valence-corrected chi connectivity index (χ0v) is 24.4. The van der Waals surface area contributed by atoms with Gasteiger partial charge in [0.2, 0.25) is 0 Å². The molecule has 43 heavy (non-hydrogen) atoms. The fraction of sp³-hybridized carbons (Fsp3) is 0.273. The molecule has 5 rings (SSSR count). The zero-order valence-electron chi connectivity index (χ0n) is 24.4. The minimum absolute atomic E-state index is 0.176. The number of urea groups is 1. The Morgan fingerprint density at radius 1 is 1.07 bits per heavy atom. The second-order valence-corrected chi connectivity index (χ2v) is 10.9. The van der Waals surface area contributed by atoms with E-state index in [2.05, 4.69) is 15.6 Å². The van der Waals surface area contributed by atoms with Crippen LogP contribution in [-0.2, 0) is 0 Å². The average Bonchev–Trinajstić information content (AvgIpc) is 3.03. The van der Waals surface area contributed by atoms with E-state index in [9.17, 15) is 19.5 Å². The molecule has 4 amide bonds. The Kier molecular flexibility index (Phi) is 8.87. The molecule has 0 saturated carbocycles. The van der Waals surface area contributed by atoms with Crippen LogP contribution in [0.2, 0.25) is 0 Å². The molecule has 1 aliphatic heterocycles. The molecule has 1 aliphatic rings. The van der Waals surface area contributed by atoms with Gasteiger partial charge >= 0.3 is 6.03 Å². The van der Waals surface area contributed by atoms with Crippen LogP contribution in [0.3, 0.4) is 0 Å². The summed E-state index contributed by atoms with van der Waals surface area (Å²) in [6.07, 6.45) is 2.59. The minimum atomic E-state index is -0.472. The van der Waals surface area contributed by atoms with Gasteiger partial charge in [0.05, 0.1) is 30.4 Å². The van der Waals surface area contributed by atoms with E-state index in [0.29, 0.717) is 29.2 Å². The van der Waals surface area contributed by atoms with E-state index < -0.39 is 12.1 Å². The lowest BCUT2D eigenvalue weighted by Crippen LogP contribution is -2.50. The lowest BCUT2D eigenvalue weighted by atomic mass is 9.99. The van der Waals surface area contributed by atoms with Crippen molar-refractivity contribution >= 4 is 40.0 Å². The molecule has 0 fully saturated rings. The highest BCUT2D eigenvalue weighted by molar-refractivity contribution is 6.05. The zero-order chi connectivity index (χ0) is 30.5. The number of nitrogens with one attached hydrogen (secondary N) is 2. The number of hydrogen-bond donors (Lipinski definition) is 3. The number of nitrogens with zero attached hydrogens (tertiary/aromatic N) is 3. The van der Waals surface area contributed by atoms with Crippen molar-refractivity contribution in [2.24, 2.45) is 5.92 Å². The van der Waals surface area contributed by atoms with E-state index in [4.69, 9.17) is 4.74 Å². The van der Waals surface area contributed by atoms with Crippen LogP contribution in [0.1, 0.15) is 34.6 Å². The number of fused-ring (bicyclic) bond motifs is 2. The molecule has 0 bridgehead atoms. The highest BCUT2D eigenvalue weighted by Crippen LogP contribution is 2.31. The molecule has 2 heterocycles. The van der Waals surface area contributed by atoms with E-state index in [1.54, 1.807) is 54.1 Å². The van der Waals surface area contributed by atoms with Crippen molar-refractivity contribution in [1.29, 1.82) is 0 Å². The number of amides is 4. The molecule has 0 saturated heterocycles. The third-order valence-corrected chi connectivity index (χ3v) is 7.70. The molecule has 0 aliphatic carbocycles. The number of pyridine rings is 1. The van der Waals surface area contributed by atoms with Gasteiger partial charge in [-0.2, -0.15) is 0 Å². The van der Waals surface area contributed by atoms with E-state index in [-0.39, 0.29) is 42.5 Å². The summed E-state index contributed by atoms with van der Waals surface area (Å²) < 4.78 is 6.41. The highest BCUT2D eigenvalue weighted by atomic mass is 16.5. The smallest absolute Gasteiger partial charge is 0.321 e. The van der Waals surface area contributed by atoms with Gasteiger partial charge in [0.1, 0.15) is 11.9 Å². The Balaban J connectivity index is 1.38. The summed E-state index contributed by atoms with van der Waals surface area (Å²) in [6.45, 7) is 4.07. The first kappa shape index (κ1) is 29.5. The second-order valence-electron chi connectivity index (χ2n) is 10.9. The van der Waals surface area contributed by atoms with Crippen molar-refractivity contribution in [3.05, 3.63) is 96.3 Å². The standard InChI is InChI=1S/C33H35N5O5/c1-21-18-38(22(2)20-39)32(41)27-17-25(35-31(40)24-13-15-34-16-14-24)11-12-29(27)43-30(21)19-37(3)33(42)36-28-10-6-8-23-7-4-5-9-26(23)28/h4-17,21-22,30,39H,18-20H2,1-3H3,(H,35,40)(H,36,42)/t21-,22+,30+/m0/s1. The van der Waals surface area contributed by atoms with Crippen molar-refractivity contribution in [2.75, 3.05) is 37.4 Å². The number of aromatic nitrogens is 1. The van der Waals surface area contributed by atoms with Crippen molar-refractivity contribution < 1.29 is 24.2 Å². The maximum atomic E-state index is 13.7. The molecule has 3 atom stereocenters. The number of aliphatic hydroxyl groups excluding tert-OH is 1. The maximum absolute atomic E-state index is 13.7. The van der Waals surface area contributed by atoms with Gasteiger partial charge in [-0.1, -0.05) is 43.3 Å². The molecular formula is C33H35N5O5. The van der Waals surface area contributed by atoms with Gasteiger partial charge in [0.25, 0.3) is 11.8 Å². The Morgan fingerprint density at radius 2 is 1.81 bits per heavy atom. The van der Waals surface area contributed by atoms with E-state index >= 15 is 0 Å². The fourth-order valence-corrected chi connectivity index (χ4v) is 5.12. The predicted octanol–water partition coefficient (Wildman–Crippen LogP) is 4.87. The highest BCUT2D eigenvalue weighted by Gasteiger charge is 2.34. The molecule has 0 unspecified atom stereocenters. The van der Waals surface area contributed by atoms with Crippen molar-refractivity contribution in [3.63, 3.8) is 0 Å². The van der Waals surface area contributed by atoms with E-state index in [0.717, 1.165) is 10.8 Å². The quantitative estimate of drug-likeness (QED) is 0.286. The summed E-state index contributed by atoms with van der Waals surface area (Å²) in [4.78, 5) is 46.9. The molecule has 222 valence electrons. The Hall–Kier alpha value is -4.96. The first-order valence-corrected chi connectivity index (χ1v) is 14.2. The summed E-state index contributed by atoms with van der Waals surface area (Å²) in [5, 5.41) is 17.7. The van der Waals surface area contributed by atoms with Gasteiger partial charge < -0.3 is 30.3 Å². The average molecular weight is 582 g/mol. The molecule has 0 spiro atoms. The third-order valence-electron chi connectivity index (χ3n) is 7.70. The summed E-state index contributed by atoms with van der Waals surface area (Å²) in [6, 6.07) is 20.9. The van der Waals surface area contributed by atoms with Crippen molar-refractivity contribution in [2.45, 2.75) is 26.0 Å². The minimum Gasteiger partial charge on any atom is -0.487 e. The van der Waals surface area contributed by atoms with Crippen LogP contribution in [-0.4, -0.2) is 76.6 Å². The van der Waals surface area contributed by atoms with Gasteiger partial charge in [-0.05, 0) is 48.7 Å². The number of benzene rings is 3. The van der Waals surface area contributed by atoms with Gasteiger partial charge in [0, 0.05) is 48.5 Å². The number of aliphatic hydroxyl groups is 1. The van der Waals surface area contributed by atoms with E-state index in [1.807, 2.05) is 49.4 Å². The van der Waals surface area contributed by atoms with Crippen LogP contribution in [0.5, 0.6) is 5.75 Å². The maximum Gasteiger partial charge on any atom is 0.321 e. The van der Waals surface area contributed by atoms with Crippen LogP contribution < -0.4 is 15.4 Å². The number of hydrogen-bond acceptors (Lipinski definition) is 6. The Morgan fingerprint density at radius 3 is 2.58 bits per heavy atom. The largest absolute Gasteiger partial charge is 0.487 e. The lowest BCUT2D eigenvalue weighted by molar-refractivity contribution is 0.0371. The number of rotatable bonds is 7. The molecular weight excluding hydrogens is 546 g/mol. The fourth-order valence-electron chi connectivity index (χ4n) is 5.12. The molecule has 0 radical (unpaired) electrons. The molecule has 3 aromatic carbocycles. The van der Waals surface area contributed by atoms with Crippen LogP contribution in [0, 0.1) is 5.92 Å². The Labute approximate surface area is 250 Å². The molecule has 4 aromatic rings. The topological polar surface area (TPSA) is 124 Å². The lowest BCUT2D eigenvalue weighted by Gasteiger charge is -2.38. The summed E-state index contributed by atoms with van der Waals surface area (Å²) in [5.74, 6) is -0.497. The second kappa shape index (κ2) is 12.9. The monoisotopic (exact) mass is 581 g/mol. The number of anilines is 2. The normalized spacial score (nSPS) is 17.2. The van der Waals surface area contributed by atoms with Crippen LogP contribution >= 0.6 is 0 Å². The van der Waals surface area contributed by atoms with Gasteiger partial charge in [-0.3, -0.25) is 14.6 Å². The summed E-state index contributed by atoms with van der Waals surface area (Å²) in [5.41, 5.74) is 1.82. The number of likely N-dealkylation sites (N-methyl/N-ethyl adjacent to an activating group) is 1. The van der Waals surface area contributed by atoms with Crippen molar-refractivity contribution in [1.82, 2.24) is 14.8 Å². The van der Waals surface area contributed by atoms with Gasteiger partial charge in [-0.15, -0.1) is 0 Å². The van der Waals surface area contributed by atoms with Crippen LogP contribution in [0.4, 0.5) is 16.2 Å². The number of ether oxygens (including phenoxy) is 1. The summed E-state index contributed by atoms with van der Waals surface area (Å²) >= 11 is 0. The molecule has 10 nitrogen and oxygen atoms in total. The first-order chi connectivity index (χ1) is 20.7. The number of carbonyl (C=O) groups is 3. The molecule has 10 heteroatoms. The SMILES string of the molecule is C[C@H](CO)N1C[C@H](C)[C@@H](CN(C)C(=O)Nc2cccc3ccccc23)Oc2ccc(NC(=O)c3ccncc3)cc2C1=O. The van der Waals surface area contributed by atoms with Crippen molar-refractivity contribution in [3.8, 4) is 5.75 Å². The molecule has 1 aromatic heterocycles. The van der Waals surface area contributed by atoms with Gasteiger partial charge in [0.15, 0.2) is 0 Å². The first-order valence-electron chi connectivity index (χ1n) is 14.2. The molecule has 3 N–H and O–H groups in total. The van der Waals surface area contributed by atoms with Crippen LogP contribution in [0.15, 0.2) is 85.2 Å². The van der Waals surface area contributed by atoms with Crippen LogP contribution in [0.25, 0.3) is 10.8 Å².